The van der Waals surface area contributed by atoms with E-state index in [4.69, 9.17) is 4.74 Å². The monoisotopic (exact) mass is 256 g/mol. The number of hydrogen-bond acceptors (Lipinski definition) is 3. The SMILES string of the molecule is COc1ccc(CNC(=O)Cc2ccccn2)cc1. The van der Waals surface area contributed by atoms with Crippen molar-refractivity contribution in [3.05, 3.63) is 59.9 Å². The summed E-state index contributed by atoms with van der Waals surface area (Å²) in [5, 5.41) is 2.87. The zero-order valence-electron chi connectivity index (χ0n) is 10.8. The molecule has 0 aliphatic heterocycles. The molecule has 2 rings (SSSR count). The third-order valence-corrected chi connectivity index (χ3v) is 2.72. The van der Waals surface area contributed by atoms with Crippen LogP contribution in [-0.4, -0.2) is 18.0 Å². The highest BCUT2D eigenvalue weighted by molar-refractivity contribution is 5.78. The van der Waals surface area contributed by atoms with Crippen LogP contribution in [0, 0.1) is 0 Å². The van der Waals surface area contributed by atoms with Crippen molar-refractivity contribution in [1.29, 1.82) is 0 Å². The lowest BCUT2D eigenvalue weighted by molar-refractivity contribution is -0.120. The number of pyridine rings is 1. The normalized spacial score (nSPS) is 9.95. The predicted octanol–water partition coefficient (Wildman–Crippen LogP) is 1.95. The number of carbonyl (C=O) groups is 1. The van der Waals surface area contributed by atoms with Crippen LogP contribution in [0.5, 0.6) is 5.75 Å². The summed E-state index contributed by atoms with van der Waals surface area (Å²) in [5.41, 5.74) is 1.81. The summed E-state index contributed by atoms with van der Waals surface area (Å²) in [6.45, 7) is 0.510. The van der Waals surface area contributed by atoms with Gasteiger partial charge in [0.15, 0.2) is 0 Å². The summed E-state index contributed by atoms with van der Waals surface area (Å²) in [7, 11) is 1.63. The first-order valence-corrected chi connectivity index (χ1v) is 6.07. The van der Waals surface area contributed by atoms with Crippen LogP contribution in [0.4, 0.5) is 0 Å². The van der Waals surface area contributed by atoms with E-state index in [2.05, 4.69) is 10.3 Å². The number of nitrogens with one attached hydrogen (secondary N) is 1. The molecule has 1 aromatic heterocycles. The summed E-state index contributed by atoms with van der Waals surface area (Å²) < 4.78 is 5.08. The van der Waals surface area contributed by atoms with Gasteiger partial charge in [0.05, 0.1) is 13.5 Å². The Balaban J connectivity index is 1.83. The largest absolute Gasteiger partial charge is 0.497 e. The van der Waals surface area contributed by atoms with E-state index in [1.54, 1.807) is 13.3 Å². The average molecular weight is 256 g/mol. The molecular formula is C15H16N2O2. The van der Waals surface area contributed by atoms with Gasteiger partial charge in [0, 0.05) is 18.4 Å². The summed E-state index contributed by atoms with van der Waals surface area (Å²) >= 11 is 0. The summed E-state index contributed by atoms with van der Waals surface area (Å²) in [6.07, 6.45) is 1.99. The molecule has 19 heavy (non-hydrogen) atoms. The summed E-state index contributed by atoms with van der Waals surface area (Å²) in [6, 6.07) is 13.2. The Morgan fingerprint density at radius 2 is 2.00 bits per heavy atom. The second-order valence-electron chi connectivity index (χ2n) is 4.12. The summed E-state index contributed by atoms with van der Waals surface area (Å²) in [5.74, 6) is 0.776. The number of rotatable bonds is 5. The maximum Gasteiger partial charge on any atom is 0.226 e. The fourth-order valence-electron chi connectivity index (χ4n) is 1.67. The van der Waals surface area contributed by atoms with E-state index < -0.39 is 0 Å². The molecule has 0 spiro atoms. The van der Waals surface area contributed by atoms with Crippen molar-refractivity contribution < 1.29 is 9.53 Å². The third-order valence-electron chi connectivity index (χ3n) is 2.72. The van der Waals surface area contributed by atoms with E-state index in [1.807, 2.05) is 42.5 Å². The van der Waals surface area contributed by atoms with Crippen molar-refractivity contribution in [2.45, 2.75) is 13.0 Å². The van der Waals surface area contributed by atoms with Crippen LogP contribution in [0.25, 0.3) is 0 Å². The van der Waals surface area contributed by atoms with Gasteiger partial charge in [0.2, 0.25) is 5.91 Å². The number of amides is 1. The highest BCUT2D eigenvalue weighted by Gasteiger charge is 2.03. The van der Waals surface area contributed by atoms with Crippen molar-refractivity contribution in [2.75, 3.05) is 7.11 Å². The molecule has 1 heterocycles. The smallest absolute Gasteiger partial charge is 0.226 e. The average Bonchev–Trinajstić information content (AvgIpc) is 2.47. The van der Waals surface area contributed by atoms with Gasteiger partial charge in [0.25, 0.3) is 0 Å². The van der Waals surface area contributed by atoms with Crippen molar-refractivity contribution >= 4 is 5.91 Å². The minimum Gasteiger partial charge on any atom is -0.497 e. The Morgan fingerprint density at radius 1 is 1.21 bits per heavy atom. The van der Waals surface area contributed by atoms with Crippen LogP contribution in [0.2, 0.25) is 0 Å². The molecule has 2 aromatic rings. The number of ether oxygens (including phenoxy) is 1. The van der Waals surface area contributed by atoms with E-state index in [9.17, 15) is 4.79 Å². The molecule has 4 heteroatoms. The molecule has 0 unspecified atom stereocenters. The molecule has 0 aliphatic carbocycles. The van der Waals surface area contributed by atoms with E-state index >= 15 is 0 Å². The molecular weight excluding hydrogens is 240 g/mol. The number of aromatic nitrogens is 1. The van der Waals surface area contributed by atoms with Gasteiger partial charge in [-0.1, -0.05) is 18.2 Å². The second kappa shape index (κ2) is 6.54. The van der Waals surface area contributed by atoms with Gasteiger partial charge in [-0.25, -0.2) is 0 Å². The first-order chi connectivity index (χ1) is 9.28. The van der Waals surface area contributed by atoms with Crippen molar-refractivity contribution in [2.24, 2.45) is 0 Å². The van der Waals surface area contributed by atoms with E-state index in [0.29, 0.717) is 13.0 Å². The lowest BCUT2D eigenvalue weighted by Crippen LogP contribution is -2.24. The van der Waals surface area contributed by atoms with Gasteiger partial charge in [-0.05, 0) is 29.8 Å². The molecule has 0 fully saturated rings. The van der Waals surface area contributed by atoms with Gasteiger partial charge in [-0.2, -0.15) is 0 Å². The lowest BCUT2D eigenvalue weighted by Gasteiger charge is -2.06. The fraction of sp³-hybridized carbons (Fsp3) is 0.200. The van der Waals surface area contributed by atoms with Gasteiger partial charge in [-0.15, -0.1) is 0 Å². The summed E-state index contributed by atoms with van der Waals surface area (Å²) in [4.78, 5) is 15.9. The fourth-order valence-corrected chi connectivity index (χ4v) is 1.67. The molecule has 4 nitrogen and oxygen atoms in total. The van der Waals surface area contributed by atoms with Crippen molar-refractivity contribution in [3.8, 4) is 5.75 Å². The van der Waals surface area contributed by atoms with Crippen molar-refractivity contribution in [1.82, 2.24) is 10.3 Å². The highest BCUT2D eigenvalue weighted by Crippen LogP contribution is 2.10. The number of methoxy groups -OCH3 is 1. The van der Waals surface area contributed by atoms with Gasteiger partial charge in [-0.3, -0.25) is 9.78 Å². The molecule has 1 aromatic carbocycles. The predicted molar refractivity (Wildman–Crippen MR) is 72.8 cm³/mol. The quantitative estimate of drug-likeness (QED) is 0.889. The maximum atomic E-state index is 11.7. The lowest BCUT2D eigenvalue weighted by atomic mass is 10.2. The van der Waals surface area contributed by atoms with E-state index in [0.717, 1.165) is 17.0 Å². The van der Waals surface area contributed by atoms with Gasteiger partial charge in [0.1, 0.15) is 5.75 Å². The van der Waals surface area contributed by atoms with E-state index in [-0.39, 0.29) is 5.91 Å². The molecule has 0 atom stereocenters. The second-order valence-corrected chi connectivity index (χ2v) is 4.12. The van der Waals surface area contributed by atoms with Crippen LogP contribution < -0.4 is 10.1 Å². The minimum atomic E-state index is -0.0329. The van der Waals surface area contributed by atoms with Gasteiger partial charge >= 0.3 is 0 Å². The van der Waals surface area contributed by atoms with Crippen LogP contribution in [0.1, 0.15) is 11.3 Å². The Morgan fingerprint density at radius 3 is 2.63 bits per heavy atom. The highest BCUT2D eigenvalue weighted by atomic mass is 16.5. The molecule has 0 aliphatic rings. The number of nitrogens with zero attached hydrogens (tertiary/aromatic N) is 1. The van der Waals surface area contributed by atoms with Crippen LogP contribution in [0.15, 0.2) is 48.7 Å². The molecule has 0 radical (unpaired) electrons. The standard InChI is InChI=1S/C15H16N2O2/c1-19-14-7-5-12(6-8-14)11-17-15(18)10-13-4-2-3-9-16-13/h2-9H,10-11H2,1H3,(H,17,18). The Kier molecular flexibility index (Phi) is 4.50. The molecule has 1 amide bonds. The molecule has 0 saturated carbocycles. The number of benzene rings is 1. The van der Waals surface area contributed by atoms with Gasteiger partial charge < -0.3 is 10.1 Å². The van der Waals surface area contributed by atoms with Crippen molar-refractivity contribution in [3.63, 3.8) is 0 Å². The van der Waals surface area contributed by atoms with Crippen LogP contribution in [0.3, 0.4) is 0 Å². The first-order valence-electron chi connectivity index (χ1n) is 6.07. The Bertz CT molecular complexity index is 524. The first kappa shape index (κ1) is 13.1. The molecule has 0 saturated heterocycles. The number of hydrogen-bond donors (Lipinski definition) is 1. The maximum absolute atomic E-state index is 11.7. The Hall–Kier alpha value is -2.36. The molecule has 1 N–H and O–H groups in total. The van der Waals surface area contributed by atoms with E-state index in [1.165, 1.54) is 0 Å². The van der Waals surface area contributed by atoms with Crippen LogP contribution >= 0.6 is 0 Å². The minimum absolute atomic E-state index is 0.0329. The zero-order chi connectivity index (χ0) is 13.5. The Labute approximate surface area is 112 Å². The number of carbonyl (C=O) groups excluding carboxylic acids is 1. The third kappa shape index (κ3) is 4.10. The molecule has 98 valence electrons. The topological polar surface area (TPSA) is 51.2 Å². The van der Waals surface area contributed by atoms with Crippen LogP contribution in [-0.2, 0) is 17.8 Å². The zero-order valence-corrected chi connectivity index (χ0v) is 10.8. The molecule has 0 bridgehead atoms.